The predicted octanol–water partition coefficient (Wildman–Crippen LogP) is 3.09. The molecule has 0 aromatic rings. The fraction of sp³-hybridized carbons (Fsp3) is 1.00. The smallest absolute Gasteiger partial charge is 0.0329 e. The van der Waals surface area contributed by atoms with Crippen LogP contribution in [0.15, 0.2) is 0 Å². The van der Waals surface area contributed by atoms with Gasteiger partial charge < -0.3 is 5.73 Å². The zero-order valence-corrected chi connectivity index (χ0v) is 14.6. The predicted molar refractivity (Wildman–Crippen MR) is 91.6 cm³/mol. The highest BCUT2D eigenvalue weighted by molar-refractivity contribution is 4.96. The van der Waals surface area contributed by atoms with E-state index in [4.69, 9.17) is 5.73 Å². The van der Waals surface area contributed by atoms with Gasteiger partial charge in [-0.1, -0.05) is 26.7 Å². The molecule has 3 heteroatoms. The summed E-state index contributed by atoms with van der Waals surface area (Å²) in [7, 11) is 2.33. The van der Waals surface area contributed by atoms with Gasteiger partial charge in [0.25, 0.3) is 0 Å². The van der Waals surface area contributed by atoms with Crippen LogP contribution in [0.4, 0.5) is 0 Å². The zero-order valence-electron chi connectivity index (χ0n) is 14.6. The molecule has 0 spiro atoms. The molecule has 1 aliphatic heterocycles. The Hall–Kier alpha value is -0.120. The van der Waals surface area contributed by atoms with Crippen LogP contribution in [0.5, 0.6) is 0 Å². The van der Waals surface area contributed by atoms with Crippen LogP contribution in [0, 0.1) is 5.92 Å². The van der Waals surface area contributed by atoms with E-state index in [-0.39, 0.29) is 5.54 Å². The average Bonchev–Trinajstić information content (AvgIpc) is 2.95. The van der Waals surface area contributed by atoms with Crippen molar-refractivity contribution < 1.29 is 0 Å². The van der Waals surface area contributed by atoms with Gasteiger partial charge in [0.05, 0.1) is 0 Å². The minimum Gasteiger partial charge on any atom is -0.329 e. The second-order valence-corrected chi connectivity index (χ2v) is 7.47. The highest BCUT2D eigenvalue weighted by Gasteiger charge is 2.39. The minimum absolute atomic E-state index is 0.284. The summed E-state index contributed by atoms with van der Waals surface area (Å²) in [6, 6.07) is 0.761. The highest BCUT2D eigenvalue weighted by atomic mass is 15.3. The molecule has 1 saturated carbocycles. The first-order valence-corrected chi connectivity index (χ1v) is 9.30. The van der Waals surface area contributed by atoms with Crippen LogP contribution in [0.2, 0.25) is 0 Å². The molecule has 2 N–H and O–H groups in total. The number of likely N-dealkylation sites (tertiary alicyclic amines) is 1. The standard InChI is InChI=1S/C18H37N3/c1-4-7-16-9-11-18(15-19,12-10-16)20(3)14-17-8-6-13-21(17)5-2/h16-17H,4-15,19H2,1-3H3. The van der Waals surface area contributed by atoms with Gasteiger partial charge in [0, 0.05) is 24.7 Å². The van der Waals surface area contributed by atoms with E-state index in [2.05, 4.69) is 30.7 Å². The molecule has 21 heavy (non-hydrogen) atoms. The Morgan fingerprint density at radius 2 is 1.90 bits per heavy atom. The Bertz CT molecular complexity index is 297. The Morgan fingerprint density at radius 1 is 1.19 bits per heavy atom. The van der Waals surface area contributed by atoms with Crippen molar-refractivity contribution in [3.05, 3.63) is 0 Å². The van der Waals surface area contributed by atoms with Crippen molar-refractivity contribution in [2.75, 3.05) is 33.2 Å². The molecule has 3 nitrogen and oxygen atoms in total. The van der Waals surface area contributed by atoms with Crippen LogP contribution in [0.3, 0.4) is 0 Å². The fourth-order valence-electron chi connectivity index (χ4n) is 4.68. The first kappa shape index (κ1) is 17.2. The highest BCUT2D eigenvalue weighted by Crippen LogP contribution is 2.37. The Kier molecular flexibility index (Phi) is 6.51. The first-order chi connectivity index (χ1) is 10.1. The molecule has 0 aromatic carbocycles. The van der Waals surface area contributed by atoms with Crippen molar-refractivity contribution >= 4 is 0 Å². The second-order valence-electron chi connectivity index (χ2n) is 7.47. The molecule has 1 heterocycles. The minimum atomic E-state index is 0.284. The van der Waals surface area contributed by atoms with Crippen molar-refractivity contribution in [3.63, 3.8) is 0 Å². The van der Waals surface area contributed by atoms with Crippen LogP contribution in [-0.4, -0.2) is 54.6 Å². The van der Waals surface area contributed by atoms with Crippen molar-refractivity contribution in [2.24, 2.45) is 11.7 Å². The van der Waals surface area contributed by atoms with Crippen LogP contribution < -0.4 is 5.73 Å². The molecule has 0 bridgehead atoms. The lowest BCUT2D eigenvalue weighted by Gasteiger charge is -2.47. The van der Waals surface area contributed by atoms with Crippen molar-refractivity contribution in [3.8, 4) is 0 Å². The van der Waals surface area contributed by atoms with Gasteiger partial charge in [-0.05, 0) is 64.6 Å². The molecule has 2 fully saturated rings. The number of likely N-dealkylation sites (N-methyl/N-ethyl adjacent to an activating group) is 2. The zero-order chi connectivity index (χ0) is 15.3. The summed E-state index contributed by atoms with van der Waals surface area (Å²) in [6.07, 6.45) is 10.9. The van der Waals surface area contributed by atoms with E-state index in [9.17, 15) is 0 Å². The van der Waals surface area contributed by atoms with Gasteiger partial charge in [-0.25, -0.2) is 0 Å². The van der Waals surface area contributed by atoms with Gasteiger partial charge in [0.2, 0.25) is 0 Å². The molecule has 0 radical (unpaired) electrons. The SMILES string of the molecule is CCCC1CCC(CN)(N(C)CC2CCCN2CC)CC1. The molecule has 124 valence electrons. The molecule has 2 rings (SSSR count). The first-order valence-electron chi connectivity index (χ1n) is 9.30. The van der Waals surface area contributed by atoms with Gasteiger partial charge in [-0.3, -0.25) is 9.80 Å². The van der Waals surface area contributed by atoms with Crippen molar-refractivity contribution in [1.82, 2.24) is 9.80 Å². The third kappa shape index (κ3) is 4.00. The third-order valence-electron chi connectivity index (χ3n) is 6.31. The molecule has 1 unspecified atom stereocenters. The number of nitrogens with zero attached hydrogens (tertiary/aromatic N) is 2. The fourth-order valence-corrected chi connectivity index (χ4v) is 4.68. The summed E-state index contributed by atoms with van der Waals surface area (Å²) >= 11 is 0. The maximum absolute atomic E-state index is 6.24. The average molecular weight is 296 g/mol. The number of hydrogen-bond acceptors (Lipinski definition) is 3. The molecule has 1 aliphatic carbocycles. The molecular weight excluding hydrogens is 258 g/mol. The van der Waals surface area contributed by atoms with E-state index < -0.39 is 0 Å². The largest absolute Gasteiger partial charge is 0.329 e. The number of nitrogens with two attached hydrogens (primary N) is 1. The normalized spacial score (nSPS) is 34.7. The Labute approximate surface area is 132 Å². The molecular formula is C18H37N3. The van der Waals surface area contributed by atoms with E-state index in [1.54, 1.807) is 0 Å². The Morgan fingerprint density at radius 3 is 2.48 bits per heavy atom. The summed E-state index contributed by atoms with van der Waals surface area (Å²) in [6.45, 7) is 9.16. The number of hydrogen-bond donors (Lipinski definition) is 1. The van der Waals surface area contributed by atoms with Crippen LogP contribution in [0.1, 0.15) is 65.2 Å². The molecule has 0 aromatic heterocycles. The summed E-state index contributed by atoms with van der Waals surface area (Å²) in [5.41, 5.74) is 6.53. The second kappa shape index (κ2) is 7.94. The van der Waals surface area contributed by atoms with Crippen LogP contribution >= 0.6 is 0 Å². The summed E-state index contributed by atoms with van der Waals surface area (Å²) in [5, 5.41) is 0. The maximum Gasteiger partial charge on any atom is 0.0329 e. The van der Waals surface area contributed by atoms with E-state index in [1.807, 2.05) is 0 Å². The lowest BCUT2D eigenvalue weighted by molar-refractivity contribution is 0.0437. The molecule has 0 amide bonds. The van der Waals surface area contributed by atoms with Gasteiger partial charge >= 0.3 is 0 Å². The number of rotatable bonds is 7. The summed E-state index contributed by atoms with van der Waals surface area (Å²) < 4.78 is 0. The summed E-state index contributed by atoms with van der Waals surface area (Å²) in [4.78, 5) is 5.29. The van der Waals surface area contributed by atoms with E-state index in [0.29, 0.717) is 0 Å². The van der Waals surface area contributed by atoms with Crippen molar-refractivity contribution in [2.45, 2.75) is 76.8 Å². The van der Waals surface area contributed by atoms with Crippen molar-refractivity contribution in [1.29, 1.82) is 0 Å². The van der Waals surface area contributed by atoms with Crippen LogP contribution in [-0.2, 0) is 0 Å². The topological polar surface area (TPSA) is 32.5 Å². The van der Waals surface area contributed by atoms with E-state index >= 15 is 0 Å². The lowest BCUT2D eigenvalue weighted by Crippen LogP contribution is -2.57. The van der Waals surface area contributed by atoms with E-state index in [1.165, 1.54) is 71.0 Å². The van der Waals surface area contributed by atoms with Gasteiger partial charge in [-0.2, -0.15) is 0 Å². The quantitative estimate of drug-likeness (QED) is 0.783. The monoisotopic (exact) mass is 295 g/mol. The van der Waals surface area contributed by atoms with Crippen LogP contribution in [0.25, 0.3) is 0 Å². The molecule has 1 saturated heterocycles. The van der Waals surface area contributed by atoms with Gasteiger partial charge in [0.1, 0.15) is 0 Å². The van der Waals surface area contributed by atoms with Gasteiger partial charge in [-0.15, -0.1) is 0 Å². The molecule has 2 aliphatic rings. The van der Waals surface area contributed by atoms with E-state index in [0.717, 1.165) is 18.5 Å². The molecule has 1 atom stereocenters. The Balaban J connectivity index is 1.91. The third-order valence-corrected chi connectivity index (χ3v) is 6.31. The maximum atomic E-state index is 6.24. The van der Waals surface area contributed by atoms with Gasteiger partial charge in [0.15, 0.2) is 0 Å². The lowest BCUT2D eigenvalue weighted by atomic mass is 9.74. The summed E-state index contributed by atoms with van der Waals surface area (Å²) in [5.74, 6) is 0.960.